The maximum atomic E-state index is 11.6. The normalized spacial score (nSPS) is 12.2. The zero-order valence-corrected chi connectivity index (χ0v) is 10.8. The van der Waals surface area contributed by atoms with Crippen molar-refractivity contribution in [1.82, 2.24) is 0 Å². The maximum Gasteiger partial charge on any atom is 0.250 e. The quantitative estimate of drug-likeness (QED) is 0.717. The first kappa shape index (κ1) is 14.6. The van der Waals surface area contributed by atoms with Gasteiger partial charge in [-0.2, -0.15) is 0 Å². The number of hydrogen-bond donors (Lipinski definition) is 2. The van der Waals surface area contributed by atoms with Crippen molar-refractivity contribution in [3.8, 4) is 0 Å². The molecule has 1 unspecified atom stereocenters. The molecule has 3 N–H and O–H groups in total. The Morgan fingerprint density at radius 1 is 1.39 bits per heavy atom. The fourth-order valence-electron chi connectivity index (χ4n) is 1.50. The number of methoxy groups -OCH3 is 1. The van der Waals surface area contributed by atoms with Gasteiger partial charge in [-0.05, 0) is 18.6 Å². The largest absolute Gasteiger partial charge is 0.382 e. The van der Waals surface area contributed by atoms with Gasteiger partial charge < -0.3 is 20.5 Å². The van der Waals surface area contributed by atoms with Crippen LogP contribution in [0.2, 0.25) is 0 Å². The van der Waals surface area contributed by atoms with Gasteiger partial charge in [0.25, 0.3) is 0 Å². The van der Waals surface area contributed by atoms with Crippen LogP contribution in [0.4, 0.5) is 5.69 Å². The summed E-state index contributed by atoms with van der Waals surface area (Å²) in [7, 11) is 1.59. The molecule has 0 aromatic heterocycles. The Labute approximate surface area is 107 Å². The lowest BCUT2D eigenvalue weighted by molar-refractivity contribution is -0.121. The molecular weight excluding hydrogens is 232 g/mol. The average molecular weight is 252 g/mol. The van der Waals surface area contributed by atoms with Crippen molar-refractivity contribution >= 4 is 11.6 Å². The topological polar surface area (TPSA) is 73.6 Å². The summed E-state index contributed by atoms with van der Waals surface area (Å²) in [6, 6.07) is 7.34. The number of anilines is 1. The van der Waals surface area contributed by atoms with Crippen molar-refractivity contribution in [2.75, 3.05) is 32.2 Å². The maximum absolute atomic E-state index is 11.6. The first-order chi connectivity index (χ1) is 8.65. The molecule has 5 nitrogen and oxygen atoms in total. The molecule has 0 saturated heterocycles. The number of nitrogens with one attached hydrogen (secondary N) is 1. The summed E-state index contributed by atoms with van der Waals surface area (Å²) in [5.74, 6) is -0.195. The van der Waals surface area contributed by atoms with Crippen LogP contribution in [0.25, 0.3) is 0 Å². The Kier molecular flexibility index (Phi) is 6.35. The van der Waals surface area contributed by atoms with Gasteiger partial charge in [0.1, 0.15) is 6.61 Å². The van der Waals surface area contributed by atoms with Gasteiger partial charge in [-0.25, -0.2) is 0 Å². The Morgan fingerprint density at radius 3 is 2.78 bits per heavy atom. The Balaban J connectivity index is 2.49. The molecule has 0 spiro atoms. The summed E-state index contributed by atoms with van der Waals surface area (Å²) in [6.45, 7) is 2.76. The first-order valence-electron chi connectivity index (χ1n) is 5.86. The molecule has 0 aliphatic rings. The van der Waals surface area contributed by atoms with E-state index in [9.17, 15) is 4.79 Å². The summed E-state index contributed by atoms with van der Waals surface area (Å²) >= 11 is 0. The predicted molar refractivity (Wildman–Crippen MR) is 70.4 cm³/mol. The van der Waals surface area contributed by atoms with E-state index in [1.54, 1.807) is 7.11 Å². The highest BCUT2D eigenvalue weighted by molar-refractivity contribution is 5.92. The van der Waals surface area contributed by atoms with Crippen LogP contribution in [-0.2, 0) is 14.3 Å². The minimum absolute atomic E-state index is 0.0106. The summed E-state index contributed by atoms with van der Waals surface area (Å²) in [5.41, 5.74) is 7.47. The lowest BCUT2D eigenvalue weighted by atomic mass is 10.1. The lowest BCUT2D eigenvalue weighted by Gasteiger charge is -2.13. The summed E-state index contributed by atoms with van der Waals surface area (Å²) in [4.78, 5) is 11.6. The molecule has 1 aromatic carbocycles. The second-order valence-electron chi connectivity index (χ2n) is 3.97. The fourth-order valence-corrected chi connectivity index (χ4v) is 1.50. The van der Waals surface area contributed by atoms with Crippen LogP contribution >= 0.6 is 0 Å². The van der Waals surface area contributed by atoms with E-state index in [1.165, 1.54) is 0 Å². The smallest absolute Gasteiger partial charge is 0.250 e. The van der Waals surface area contributed by atoms with Gasteiger partial charge in [0.2, 0.25) is 5.91 Å². The molecule has 1 amide bonds. The highest BCUT2D eigenvalue weighted by Crippen LogP contribution is 2.20. The molecule has 18 heavy (non-hydrogen) atoms. The Morgan fingerprint density at radius 2 is 2.11 bits per heavy atom. The number of carbonyl (C=O) groups excluding carboxylic acids is 1. The number of benzene rings is 1. The van der Waals surface area contributed by atoms with Crippen molar-refractivity contribution in [2.24, 2.45) is 5.73 Å². The number of ether oxygens (including phenoxy) is 2. The second-order valence-corrected chi connectivity index (χ2v) is 3.97. The van der Waals surface area contributed by atoms with E-state index in [1.807, 2.05) is 31.2 Å². The average Bonchev–Trinajstić information content (AvgIpc) is 2.35. The molecule has 0 radical (unpaired) electrons. The molecular formula is C13H20N2O3. The van der Waals surface area contributed by atoms with Gasteiger partial charge in [0, 0.05) is 18.8 Å². The summed E-state index contributed by atoms with van der Waals surface area (Å²) in [6.07, 6.45) is 0. The van der Waals surface area contributed by atoms with E-state index >= 15 is 0 Å². The molecule has 100 valence electrons. The number of para-hydroxylation sites is 1. The molecule has 1 atom stereocenters. The third-order valence-corrected chi connectivity index (χ3v) is 2.39. The van der Waals surface area contributed by atoms with Crippen molar-refractivity contribution in [1.29, 1.82) is 0 Å². The predicted octanol–water partition coefficient (Wildman–Crippen LogP) is 1.31. The molecule has 1 rings (SSSR count). The number of hydrogen-bond acceptors (Lipinski definition) is 4. The zero-order valence-electron chi connectivity index (χ0n) is 10.8. The fraction of sp³-hybridized carbons (Fsp3) is 0.462. The van der Waals surface area contributed by atoms with Crippen LogP contribution in [-0.4, -0.2) is 32.8 Å². The van der Waals surface area contributed by atoms with E-state index in [-0.39, 0.29) is 18.6 Å². The van der Waals surface area contributed by atoms with Crippen LogP contribution in [0.5, 0.6) is 0 Å². The third-order valence-electron chi connectivity index (χ3n) is 2.39. The number of carbonyl (C=O) groups is 1. The minimum atomic E-state index is -0.195. The number of amides is 1. The molecule has 0 saturated carbocycles. The SMILES string of the molecule is COCCOCC(=O)Nc1ccccc1C(C)N. The summed E-state index contributed by atoms with van der Waals surface area (Å²) < 4.78 is 9.96. The minimum Gasteiger partial charge on any atom is -0.382 e. The van der Waals surface area contributed by atoms with E-state index in [0.717, 1.165) is 11.3 Å². The van der Waals surface area contributed by atoms with Gasteiger partial charge in [-0.1, -0.05) is 18.2 Å². The van der Waals surface area contributed by atoms with Gasteiger partial charge in [-0.3, -0.25) is 4.79 Å². The highest BCUT2D eigenvalue weighted by atomic mass is 16.5. The van der Waals surface area contributed by atoms with Crippen molar-refractivity contribution in [3.05, 3.63) is 29.8 Å². The van der Waals surface area contributed by atoms with Crippen LogP contribution in [0.1, 0.15) is 18.5 Å². The number of nitrogens with two attached hydrogens (primary N) is 1. The van der Waals surface area contributed by atoms with E-state index in [4.69, 9.17) is 15.2 Å². The van der Waals surface area contributed by atoms with Crippen LogP contribution in [0.3, 0.4) is 0 Å². The Bertz CT molecular complexity index is 380. The summed E-state index contributed by atoms with van der Waals surface area (Å²) in [5, 5.41) is 2.78. The molecule has 0 aliphatic heterocycles. The van der Waals surface area contributed by atoms with Crippen LogP contribution in [0.15, 0.2) is 24.3 Å². The monoisotopic (exact) mass is 252 g/mol. The molecule has 0 bridgehead atoms. The second kappa shape index (κ2) is 7.81. The van der Waals surface area contributed by atoms with Crippen molar-refractivity contribution < 1.29 is 14.3 Å². The Hall–Kier alpha value is -1.43. The van der Waals surface area contributed by atoms with Gasteiger partial charge in [0.05, 0.1) is 13.2 Å². The number of rotatable bonds is 7. The molecule has 0 fully saturated rings. The zero-order chi connectivity index (χ0) is 13.4. The third kappa shape index (κ3) is 4.83. The van der Waals surface area contributed by atoms with E-state index in [0.29, 0.717) is 13.2 Å². The molecule has 5 heteroatoms. The first-order valence-corrected chi connectivity index (χ1v) is 5.86. The van der Waals surface area contributed by atoms with E-state index in [2.05, 4.69) is 5.32 Å². The van der Waals surface area contributed by atoms with E-state index < -0.39 is 0 Å². The molecule has 0 heterocycles. The molecule has 0 aliphatic carbocycles. The highest BCUT2D eigenvalue weighted by Gasteiger charge is 2.09. The van der Waals surface area contributed by atoms with Gasteiger partial charge in [-0.15, -0.1) is 0 Å². The van der Waals surface area contributed by atoms with Crippen LogP contribution in [0, 0.1) is 0 Å². The van der Waals surface area contributed by atoms with Crippen LogP contribution < -0.4 is 11.1 Å². The van der Waals surface area contributed by atoms with Crippen molar-refractivity contribution in [2.45, 2.75) is 13.0 Å². The lowest BCUT2D eigenvalue weighted by Crippen LogP contribution is -2.21. The van der Waals surface area contributed by atoms with Gasteiger partial charge in [0.15, 0.2) is 0 Å². The van der Waals surface area contributed by atoms with Crippen molar-refractivity contribution in [3.63, 3.8) is 0 Å². The van der Waals surface area contributed by atoms with Gasteiger partial charge >= 0.3 is 0 Å². The standard InChI is InChI=1S/C13H20N2O3/c1-10(14)11-5-3-4-6-12(11)15-13(16)9-18-8-7-17-2/h3-6,10H,7-9,14H2,1-2H3,(H,15,16). The molecule has 1 aromatic rings.